The van der Waals surface area contributed by atoms with Crippen LogP contribution in [0.25, 0.3) is 0 Å². The second kappa shape index (κ2) is 14.2. The van der Waals surface area contributed by atoms with Gasteiger partial charge in [-0.1, -0.05) is 60.7 Å². The normalized spacial score (nSPS) is 13.2. The van der Waals surface area contributed by atoms with E-state index in [1.54, 1.807) is 30.3 Å². The maximum absolute atomic E-state index is 14.1. The molecule has 4 aromatic carbocycles. The summed E-state index contributed by atoms with van der Waals surface area (Å²) in [6, 6.07) is 20.5. The molecule has 0 aliphatic rings. The average Bonchev–Trinajstić information content (AvgIpc) is 2.96. The van der Waals surface area contributed by atoms with Gasteiger partial charge in [-0.05, 0) is 47.9 Å². The van der Waals surface area contributed by atoms with E-state index >= 15 is 0 Å². The SMILES string of the molecule is CS(=O)(=O)N(c1cc(F)cc(F)c1)c1ccccc1C(=O)N[C@@H](Cc1ccccc1)[C@H](O)CNCc1cccc(C(F)(F)F)c1. The first kappa shape index (κ1) is 33.6. The predicted octanol–water partition coefficient (Wildman–Crippen LogP) is 5.57. The van der Waals surface area contributed by atoms with Crippen LogP contribution in [0, 0.1) is 11.6 Å². The summed E-state index contributed by atoms with van der Waals surface area (Å²) in [6.07, 6.45) is -4.78. The molecule has 3 N–H and O–H groups in total. The molecule has 0 radical (unpaired) electrons. The van der Waals surface area contributed by atoms with Gasteiger partial charge in [0, 0.05) is 19.2 Å². The zero-order chi connectivity index (χ0) is 32.8. The van der Waals surface area contributed by atoms with Gasteiger partial charge >= 0.3 is 6.18 Å². The van der Waals surface area contributed by atoms with Crippen molar-refractivity contribution in [2.24, 2.45) is 0 Å². The average molecular weight is 648 g/mol. The first-order valence-corrected chi connectivity index (χ1v) is 15.5. The van der Waals surface area contributed by atoms with Crippen LogP contribution in [0.4, 0.5) is 33.3 Å². The molecule has 0 bridgehead atoms. The summed E-state index contributed by atoms with van der Waals surface area (Å²) >= 11 is 0. The van der Waals surface area contributed by atoms with Gasteiger partial charge in [0.25, 0.3) is 5.91 Å². The van der Waals surface area contributed by atoms with Gasteiger partial charge in [-0.3, -0.25) is 4.79 Å². The number of hydrogen-bond donors (Lipinski definition) is 3. The largest absolute Gasteiger partial charge is 0.416 e. The number of alkyl halides is 3. The van der Waals surface area contributed by atoms with Gasteiger partial charge in [0.05, 0.1) is 40.9 Å². The fourth-order valence-electron chi connectivity index (χ4n) is 4.77. The number of carbonyl (C=O) groups excluding carboxylic acids is 1. The van der Waals surface area contributed by atoms with Crippen molar-refractivity contribution in [3.63, 3.8) is 0 Å². The second-order valence-corrected chi connectivity index (χ2v) is 12.2. The van der Waals surface area contributed by atoms with Gasteiger partial charge in [-0.2, -0.15) is 13.2 Å². The standard InChI is InChI=1S/C32H30F5N3O4S/c1-45(43,44)40(26-17-24(33)16-25(34)18-26)29-13-6-5-12-27(29)31(42)39-28(15-21-8-3-2-4-9-21)30(41)20-38-19-22-10-7-11-23(14-22)32(35,36)37/h2-14,16-18,28,30,38,41H,15,19-20H2,1H3,(H,39,42)/t28-,30+/m0/s1. The van der Waals surface area contributed by atoms with Gasteiger partial charge in [-0.15, -0.1) is 0 Å². The number of carbonyl (C=O) groups is 1. The number of aliphatic hydroxyl groups excluding tert-OH is 1. The number of para-hydroxylation sites is 1. The zero-order valence-corrected chi connectivity index (χ0v) is 24.7. The monoisotopic (exact) mass is 647 g/mol. The molecular formula is C32H30F5N3O4S. The molecule has 13 heteroatoms. The van der Waals surface area contributed by atoms with Crippen LogP contribution < -0.4 is 14.9 Å². The van der Waals surface area contributed by atoms with E-state index in [0.29, 0.717) is 15.9 Å². The molecule has 0 unspecified atom stereocenters. The molecule has 45 heavy (non-hydrogen) atoms. The first-order chi connectivity index (χ1) is 21.2. The molecule has 4 aromatic rings. The molecule has 238 valence electrons. The Kier molecular flexibility index (Phi) is 10.6. The maximum Gasteiger partial charge on any atom is 0.416 e. The highest BCUT2D eigenvalue weighted by atomic mass is 32.2. The Morgan fingerprint density at radius 3 is 2.13 bits per heavy atom. The molecule has 7 nitrogen and oxygen atoms in total. The summed E-state index contributed by atoms with van der Waals surface area (Å²) in [4.78, 5) is 13.7. The Morgan fingerprint density at radius 1 is 0.867 bits per heavy atom. The fraction of sp³-hybridized carbons (Fsp3) is 0.219. The minimum atomic E-state index is -4.51. The van der Waals surface area contributed by atoms with Crippen LogP contribution in [0.1, 0.15) is 27.0 Å². The van der Waals surface area contributed by atoms with Crippen molar-refractivity contribution < 1.29 is 40.3 Å². The minimum Gasteiger partial charge on any atom is -0.390 e. The van der Waals surface area contributed by atoms with Gasteiger partial charge in [0.1, 0.15) is 11.6 Å². The quantitative estimate of drug-likeness (QED) is 0.175. The van der Waals surface area contributed by atoms with Crippen LogP contribution >= 0.6 is 0 Å². The molecule has 0 saturated carbocycles. The molecule has 0 aromatic heterocycles. The predicted molar refractivity (Wildman–Crippen MR) is 160 cm³/mol. The van der Waals surface area contributed by atoms with Gasteiger partial charge in [0.2, 0.25) is 10.0 Å². The third-order valence-electron chi connectivity index (χ3n) is 6.80. The van der Waals surface area contributed by atoms with Crippen molar-refractivity contribution in [1.29, 1.82) is 0 Å². The van der Waals surface area contributed by atoms with E-state index in [4.69, 9.17) is 0 Å². The van der Waals surface area contributed by atoms with Crippen molar-refractivity contribution >= 4 is 27.3 Å². The fourth-order valence-corrected chi connectivity index (χ4v) is 5.78. The number of amides is 1. The Bertz CT molecular complexity index is 1720. The summed E-state index contributed by atoms with van der Waals surface area (Å²) in [6.45, 7) is -0.114. The Balaban J connectivity index is 1.59. The molecule has 0 fully saturated rings. The summed E-state index contributed by atoms with van der Waals surface area (Å²) in [5.41, 5.74) is -0.424. The Morgan fingerprint density at radius 2 is 1.49 bits per heavy atom. The summed E-state index contributed by atoms with van der Waals surface area (Å²) in [5.74, 6) is -2.83. The topological polar surface area (TPSA) is 98.7 Å². The molecule has 0 aliphatic carbocycles. The van der Waals surface area contributed by atoms with Gasteiger partial charge < -0.3 is 15.7 Å². The van der Waals surface area contributed by atoms with Crippen LogP contribution in [0.3, 0.4) is 0 Å². The first-order valence-electron chi connectivity index (χ1n) is 13.7. The van der Waals surface area contributed by atoms with Crippen LogP contribution in [-0.4, -0.2) is 44.4 Å². The van der Waals surface area contributed by atoms with Crippen molar-refractivity contribution in [3.8, 4) is 0 Å². The molecule has 1 amide bonds. The number of nitrogens with one attached hydrogen (secondary N) is 2. The smallest absolute Gasteiger partial charge is 0.390 e. The molecule has 0 spiro atoms. The molecule has 0 saturated heterocycles. The third kappa shape index (κ3) is 9.10. The molecule has 2 atom stereocenters. The van der Waals surface area contributed by atoms with E-state index in [1.807, 2.05) is 0 Å². The highest BCUT2D eigenvalue weighted by Gasteiger charge is 2.31. The van der Waals surface area contributed by atoms with E-state index in [2.05, 4.69) is 10.6 Å². The molecule has 4 rings (SSSR count). The third-order valence-corrected chi connectivity index (χ3v) is 7.87. The van der Waals surface area contributed by atoms with Gasteiger partial charge in [0.15, 0.2) is 0 Å². The van der Waals surface area contributed by atoms with Crippen LogP contribution in [0.5, 0.6) is 0 Å². The summed E-state index contributed by atoms with van der Waals surface area (Å²) in [5, 5.41) is 16.8. The van der Waals surface area contributed by atoms with Crippen LogP contribution in [0.2, 0.25) is 0 Å². The van der Waals surface area contributed by atoms with Crippen molar-refractivity contribution in [2.75, 3.05) is 17.1 Å². The number of sulfonamides is 1. The summed E-state index contributed by atoms with van der Waals surface area (Å²) in [7, 11) is -4.21. The van der Waals surface area contributed by atoms with E-state index in [-0.39, 0.29) is 36.4 Å². The van der Waals surface area contributed by atoms with Gasteiger partial charge in [-0.25, -0.2) is 21.5 Å². The number of rotatable bonds is 12. The maximum atomic E-state index is 14.1. The van der Waals surface area contributed by atoms with E-state index in [1.165, 1.54) is 36.4 Å². The lowest BCUT2D eigenvalue weighted by Crippen LogP contribution is -2.49. The Labute approximate surface area is 257 Å². The van der Waals surface area contributed by atoms with Crippen LogP contribution in [-0.2, 0) is 29.2 Å². The number of hydrogen-bond acceptors (Lipinski definition) is 5. The van der Waals surface area contributed by atoms with Crippen molar-refractivity contribution in [3.05, 3.63) is 131 Å². The zero-order valence-electron chi connectivity index (χ0n) is 23.9. The number of anilines is 2. The lowest BCUT2D eigenvalue weighted by atomic mass is 10.00. The Hall–Kier alpha value is -4.33. The second-order valence-electron chi connectivity index (χ2n) is 10.3. The summed E-state index contributed by atoms with van der Waals surface area (Å²) < 4.78 is 93.8. The lowest BCUT2D eigenvalue weighted by molar-refractivity contribution is -0.137. The molecular weight excluding hydrogens is 617 g/mol. The molecule has 0 aliphatic heterocycles. The van der Waals surface area contributed by atoms with E-state index in [0.717, 1.165) is 36.1 Å². The number of aliphatic hydroxyl groups is 1. The molecule has 0 heterocycles. The van der Waals surface area contributed by atoms with Crippen molar-refractivity contribution in [1.82, 2.24) is 10.6 Å². The number of benzene rings is 4. The van der Waals surface area contributed by atoms with Crippen LogP contribution in [0.15, 0.2) is 97.1 Å². The highest BCUT2D eigenvalue weighted by molar-refractivity contribution is 7.92. The van der Waals surface area contributed by atoms with E-state index < -0.39 is 51.5 Å². The lowest BCUT2D eigenvalue weighted by Gasteiger charge is -2.27. The minimum absolute atomic E-state index is 0.00330. The highest BCUT2D eigenvalue weighted by Crippen LogP contribution is 2.33. The number of halogens is 5. The van der Waals surface area contributed by atoms with Crippen molar-refractivity contribution in [2.45, 2.75) is 31.3 Å². The number of nitrogens with zero attached hydrogens (tertiary/aromatic N) is 1. The van der Waals surface area contributed by atoms with E-state index in [9.17, 15) is 40.3 Å².